The number of likely N-dealkylation sites (tertiary alicyclic amines) is 1. The molecule has 1 unspecified atom stereocenters. The van der Waals surface area contributed by atoms with Crippen LogP contribution < -0.4 is 5.32 Å². The third kappa shape index (κ3) is 5.83. The second-order valence-corrected chi connectivity index (χ2v) is 10.9. The fraction of sp³-hybridized carbons (Fsp3) is 0.667. The largest absolute Gasteiger partial charge is 0.337 e. The van der Waals surface area contributed by atoms with Gasteiger partial charge in [0.15, 0.2) is 0 Å². The maximum Gasteiger partial charge on any atom is 0.247 e. The minimum absolute atomic E-state index is 0.0193. The molecule has 35 heavy (non-hydrogen) atoms. The summed E-state index contributed by atoms with van der Waals surface area (Å²) in [6, 6.07) is 3.52. The molecule has 3 fully saturated rings. The van der Waals surface area contributed by atoms with Crippen molar-refractivity contribution >= 4 is 35.0 Å². The molecular formula is C27H39ClN4O3. The third-order valence-corrected chi connectivity index (χ3v) is 8.23. The molecular weight excluding hydrogens is 464 g/mol. The lowest BCUT2D eigenvalue weighted by Crippen LogP contribution is -2.54. The summed E-state index contributed by atoms with van der Waals surface area (Å²) in [5, 5.41) is 3.63. The number of piperazine rings is 1. The smallest absolute Gasteiger partial charge is 0.247 e. The molecule has 2 atom stereocenters. The second-order valence-electron chi connectivity index (χ2n) is 10.4. The summed E-state index contributed by atoms with van der Waals surface area (Å²) in [7, 11) is 0. The predicted octanol–water partition coefficient (Wildman–Crippen LogP) is 4.21. The van der Waals surface area contributed by atoms with Crippen LogP contribution in [-0.4, -0.2) is 70.7 Å². The van der Waals surface area contributed by atoms with Crippen LogP contribution in [0, 0.1) is 12.8 Å². The van der Waals surface area contributed by atoms with Gasteiger partial charge in [0.2, 0.25) is 17.7 Å². The summed E-state index contributed by atoms with van der Waals surface area (Å²) in [4.78, 5) is 44.4. The summed E-state index contributed by atoms with van der Waals surface area (Å²) in [6.45, 7) is 9.73. The number of hydrogen-bond acceptors (Lipinski definition) is 4. The van der Waals surface area contributed by atoms with Crippen molar-refractivity contribution in [2.75, 3.05) is 31.5 Å². The number of carbonyl (C=O) groups is 3. The first-order valence-corrected chi connectivity index (χ1v) is 13.6. The van der Waals surface area contributed by atoms with Gasteiger partial charge < -0.3 is 15.1 Å². The summed E-state index contributed by atoms with van der Waals surface area (Å²) in [5.41, 5.74) is 2.77. The Morgan fingerprint density at radius 3 is 2.46 bits per heavy atom. The van der Waals surface area contributed by atoms with E-state index in [0.29, 0.717) is 36.0 Å². The Balaban J connectivity index is 1.40. The molecule has 2 saturated heterocycles. The van der Waals surface area contributed by atoms with Gasteiger partial charge in [0.1, 0.15) is 6.04 Å². The van der Waals surface area contributed by atoms with Crippen LogP contribution in [0.1, 0.15) is 69.9 Å². The predicted molar refractivity (Wildman–Crippen MR) is 138 cm³/mol. The van der Waals surface area contributed by atoms with Crippen molar-refractivity contribution in [2.24, 2.45) is 5.92 Å². The van der Waals surface area contributed by atoms with Gasteiger partial charge in [0, 0.05) is 61.8 Å². The van der Waals surface area contributed by atoms with Gasteiger partial charge in [0.05, 0.1) is 0 Å². The van der Waals surface area contributed by atoms with Gasteiger partial charge in [-0.15, -0.1) is 0 Å². The maximum atomic E-state index is 13.1. The van der Waals surface area contributed by atoms with Gasteiger partial charge in [-0.1, -0.05) is 31.4 Å². The first-order chi connectivity index (χ1) is 16.8. The van der Waals surface area contributed by atoms with Crippen LogP contribution in [0.5, 0.6) is 0 Å². The van der Waals surface area contributed by atoms with Gasteiger partial charge in [0.25, 0.3) is 0 Å². The standard InChI is InChI=1S/C27H39ClN4O3/c1-4-25(33)32-11-7-10-24(32)26(34)29-23-15-22(28)14-21(19(23)3)17-30-12-13-31(18(2)16-30)27(35)20-8-5-6-9-20/h14-15,18,20,24H,4-13,16-17H2,1-3H3,(H,29,34)/t18-,24?/m0/s1. The molecule has 7 nitrogen and oxygen atoms in total. The van der Waals surface area contributed by atoms with Crippen LogP contribution in [0.2, 0.25) is 5.02 Å². The number of benzene rings is 1. The normalized spacial score (nSPS) is 23.7. The Morgan fingerprint density at radius 2 is 1.77 bits per heavy atom. The lowest BCUT2D eigenvalue weighted by Gasteiger charge is -2.41. The molecule has 0 spiro atoms. The van der Waals surface area contributed by atoms with Crippen LogP contribution >= 0.6 is 11.6 Å². The average Bonchev–Trinajstić information content (AvgIpc) is 3.54. The average molecular weight is 503 g/mol. The summed E-state index contributed by atoms with van der Waals surface area (Å²) in [6.07, 6.45) is 6.35. The van der Waals surface area contributed by atoms with E-state index in [4.69, 9.17) is 11.6 Å². The van der Waals surface area contributed by atoms with E-state index in [-0.39, 0.29) is 23.8 Å². The Labute approximate surface area is 214 Å². The number of carbonyl (C=O) groups excluding carboxylic acids is 3. The first-order valence-electron chi connectivity index (χ1n) is 13.2. The van der Waals surface area contributed by atoms with E-state index in [0.717, 1.165) is 56.6 Å². The zero-order chi connectivity index (χ0) is 25.1. The lowest BCUT2D eigenvalue weighted by molar-refractivity contribution is -0.140. The number of rotatable bonds is 6. The highest BCUT2D eigenvalue weighted by Gasteiger charge is 2.35. The molecule has 1 aromatic carbocycles. The molecule has 1 aromatic rings. The number of halogens is 1. The molecule has 2 aliphatic heterocycles. The van der Waals surface area contributed by atoms with E-state index in [1.807, 2.05) is 19.9 Å². The van der Waals surface area contributed by atoms with E-state index in [9.17, 15) is 14.4 Å². The topological polar surface area (TPSA) is 73.0 Å². The van der Waals surface area contributed by atoms with Gasteiger partial charge in [-0.05, 0) is 62.8 Å². The van der Waals surface area contributed by atoms with Crippen molar-refractivity contribution in [1.82, 2.24) is 14.7 Å². The zero-order valence-corrected chi connectivity index (χ0v) is 22.1. The van der Waals surface area contributed by atoms with Crippen LogP contribution in [0.3, 0.4) is 0 Å². The lowest BCUT2D eigenvalue weighted by atomic mass is 10.0. The van der Waals surface area contributed by atoms with Crippen molar-refractivity contribution in [3.05, 3.63) is 28.3 Å². The van der Waals surface area contributed by atoms with Crippen LogP contribution in [0.15, 0.2) is 12.1 Å². The summed E-state index contributed by atoms with van der Waals surface area (Å²) >= 11 is 6.46. The van der Waals surface area contributed by atoms with Gasteiger partial charge in [-0.25, -0.2) is 0 Å². The Kier molecular flexibility index (Phi) is 8.38. The third-order valence-electron chi connectivity index (χ3n) is 8.01. The molecule has 0 bridgehead atoms. The van der Waals surface area contributed by atoms with E-state index >= 15 is 0 Å². The fourth-order valence-corrected chi connectivity index (χ4v) is 6.18. The Hall–Kier alpha value is -2.12. The summed E-state index contributed by atoms with van der Waals surface area (Å²) < 4.78 is 0. The number of nitrogens with one attached hydrogen (secondary N) is 1. The summed E-state index contributed by atoms with van der Waals surface area (Å²) in [5.74, 6) is 0.425. The van der Waals surface area contributed by atoms with Crippen molar-refractivity contribution in [1.29, 1.82) is 0 Å². The van der Waals surface area contributed by atoms with Crippen LogP contribution in [0.4, 0.5) is 5.69 Å². The molecule has 0 radical (unpaired) electrons. The second kappa shape index (κ2) is 11.3. The number of hydrogen-bond donors (Lipinski definition) is 1. The maximum absolute atomic E-state index is 13.1. The van der Waals surface area contributed by atoms with Crippen molar-refractivity contribution in [3.8, 4) is 0 Å². The van der Waals surface area contributed by atoms with E-state index in [1.165, 1.54) is 12.8 Å². The van der Waals surface area contributed by atoms with Crippen molar-refractivity contribution in [2.45, 2.75) is 84.3 Å². The molecule has 0 aromatic heterocycles. The highest BCUT2D eigenvalue weighted by atomic mass is 35.5. The van der Waals surface area contributed by atoms with Crippen molar-refractivity contribution < 1.29 is 14.4 Å². The minimum Gasteiger partial charge on any atom is -0.337 e. The van der Waals surface area contributed by atoms with Crippen molar-refractivity contribution in [3.63, 3.8) is 0 Å². The SMILES string of the molecule is CCC(=O)N1CCCC1C(=O)Nc1cc(Cl)cc(CN2CCN(C(=O)C3CCCC3)[C@@H](C)C2)c1C. The van der Waals surface area contributed by atoms with Crippen LogP contribution in [-0.2, 0) is 20.9 Å². The molecule has 3 amide bonds. The van der Waals surface area contributed by atoms with E-state index < -0.39 is 6.04 Å². The molecule has 4 rings (SSSR count). The number of anilines is 1. The highest BCUT2D eigenvalue weighted by molar-refractivity contribution is 6.31. The minimum atomic E-state index is -0.421. The number of amides is 3. The fourth-order valence-electron chi connectivity index (χ4n) is 5.94. The van der Waals surface area contributed by atoms with E-state index in [2.05, 4.69) is 22.0 Å². The molecule has 1 saturated carbocycles. The number of nitrogens with zero attached hydrogens (tertiary/aromatic N) is 3. The monoisotopic (exact) mass is 502 g/mol. The molecule has 2 heterocycles. The van der Waals surface area contributed by atoms with Crippen LogP contribution in [0.25, 0.3) is 0 Å². The quantitative estimate of drug-likeness (QED) is 0.632. The highest BCUT2D eigenvalue weighted by Crippen LogP contribution is 2.30. The Bertz CT molecular complexity index is 962. The zero-order valence-electron chi connectivity index (χ0n) is 21.3. The van der Waals surface area contributed by atoms with Gasteiger partial charge in [-0.2, -0.15) is 0 Å². The van der Waals surface area contributed by atoms with E-state index in [1.54, 1.807) is 11.0 Å². The molecule has 3 aliphatic rings. The molecule has 192 valence electrons. The molecule has 8 heteroatoms. The Morgan fingerprint density at radius 1 is 1.03 bits per heavy atom. The van der Waals surface area contributed by atoms with Gasteiger partial charge >= 0.3 is 0 Å². The molecule has 1 N–H and O–H groups in total. The molecule has 1 aliphatic carbocycles. The first kappa shape index (κ1) is 26.0. The van der Waals surface area contributed by atoms with Gasteiger partial charge in [-0.3, -0.25) is 19.3 Å².